The van der Waals surface area contributed by atoms with Gasteiger partial charge in [0.15, 0.2) is 0 Å². The summed E-state index contributed by atoms with van der Waals surface area (Å²) >= 11 is 1.07. The summed E-state index contributed by atoms with van der Waals surface area (Å²) < 4.78 is 14.7. The first-order valence-electron chi connectivity index (χ1n) is 6.69. The van der Waals surface area contributed by atoms with Gasteiger partial charge >= 0.3 is 6.03 Å². The van der Waals surface area contributed by atoms with E-state index in [0.29, 0.717) is 10.8 Å². The standard InChI is InChI=1S/C13H15FN6O2S/c1-7(2)10(11(21)16-12(15)22)23-13-17-18-19-20(13)9-5-3-4-8(14)6-9/h3-7,10H,1-2H3,(H3,15,16,21,22). The fourth-order valence-corrected chi connectivity index (χ4v) is 2.81. The molecule has 23 heavy (non-hydrogen) atoms. The van der Waals surface area contributed by atoms with Crippen molar-refractivity contribution in [2.24, 2.45) is 11.7 Å². The maximum Gasteiger partial charge on any atom is 0.318 e. The molecule has 122 valence electrons. The Bertz CT molecular complexity index is 720. The lowest BCUT2D eigenvalue weighted by Gasteiger charge is -2.18. The normalized spacial score (nSPS) is 12.2. The van der Waals surface area contributed by atoms with E-state index < -0.39 is 23.0 Å². The van der Waals surface area contributed by atoms with E-state index in [2.05, 4.69) is 15.5 Å². The number of primary amides is 1. The Balaban J connectivity index is 2.27. The van der Waals surface area contributed by atoms with E-state index in [1.54, 1.807) is 6.07 Å². The number of halogens is 1. The average Bonchev–Trinajstić information content (AvgIpc) is 2.91. The molecule has 0 aliphatic rings. The number of urea groups is 1. The van der Waals surface area contributed by atoms with Crippen LogP contribution < -0.4 is 11.1 Å². The van der Waals surface area contributed by atoms with Gasteiger partial charge in [-0.05, 0) is 34.5 Å². The molecule has 1 unspecified atom stereocenters. The zero-order chi connectivity index (χ0) is 17.0. The van der Waals surface area contributed by atoms with Crippen LogP contribution in [0.1, 0.15) is 13.8 Å². The quantitative estimate of drug-likeness (QED) is 0.789. The highest BCUT2D eigenvalue weighted by atomic mass is 32.2. The molecule has 1 aromatic heterocycles. The molecule has 1 heterocycles. The van der Waals surface area contributed by atoms with Crippen LogP contribution in [0.15, 0.2) is 29.4 Å². The SMILES string of the molecule is CC(C)C(Sc1nnnn1-c1cccc(F)c1)C(=O)NC(N)=O. The van der Waals surface area contributed by atoms with E-state index in [0.717, 1.165) is 11.8 Å². The number of hydrogen-bond donors (Lipinski definition) is 2. The third kappa shape index (κ3) is 4.25. The molecule has 3 N–H and O–H groups in total. The number of hydrogen-bond acceptors (Lipinski definition) is 6. The number of aromatic nitrogens is 4. The Morgan fingerprint density at radius 1 is 1.39 bits per heavy atom. The maximum absolute atomic E-state index is 13.3. The van der Waals surface area contributed by atoms with Crippen molar-refractivity contribution in [3.05, 3.63) is 30.1 Å². The van der Waals surface area contributed by atoms with E-state index in [9.17, 15) is 14.0 Å². The predicted octanol–water partition coefficient (Wildman–Crippen LogP) is 1.11. The molecule has 0 saturated heterocycles. The molecule has 0 aliphatic carbocycles. The molecule has 0 bridgehead atoms. The molecule has 0 radical (unpaired) electrons. The fourth-order valence-electron chi connectivity index (χ4n) is 1.82. The second-order valence-corrected chi connectivity index (χ2v) is 6.10. The molecule has 1 atom stereocenters. The highest BCUT2D eigenvalue weighted by molar-refractivity contribution is 8.00. The van der Waals surface area contributed by atoms with Crippen molar-refractivity contribution < 1.29 is 14.0 Å². The van der Waals surface area contributed by atoms with Gasteiger partial charge in [0.05, 0.1) is 10.9 Å². The number of nitrogens with two attached hydrogens (primary N) is 1. The first kappa shape index (κ1) is 16.9. The zero-order valence-electron chi connectivity index (χ0n) is 12.4. The van der Waals surface area contributed by atoms with Crippen molar-refractivity contribution in [1.82, 2.24) is 25.5 Å². The van der Waals surface area contributed by atoms with Gasteiger partial charge in [-0.3, -0.25) is 10.1 Å². The molecule has 0 fully saturated rings. The lowest BCUT2D eigenvalue weighted by molar-refractivity contribution is -0.120. The number of thioether (sulfide) groups is 1. The van der Waals surface area contributed by atoms with E-state index in [4.69, 9.17) is 5.73 Å². The van der Waals surface area contributed by atoms with Gasteiger partial charge in [0, 0.05) is 0 Å². The van der Waals surface area contributed by atoms with Crippen molar-refractivity contribution in [3.63, 3.8) is 0 Å². The zero-order valence-corrected chi connectivity index (χ0v) is 13.2. The van der Waals surface area contributed by atoms with Gasteiger partial charge in [-0.15, -0.1) is 5.10 Å². The van der Waals surface area contributed by atoms with Crippen LogP contribution in [-0.2, 0) is 4.79 Å². The average molecular weight is 338 g/mol. The molecule has 1 aromatic carbocycles. The lowest BCUT2D eigenvalue weighted by atomic mass is 10.1. The van der Waals surface area contributed by atoms with E-state index >= 15 is 0 Å². The van der Waals surface area contributed by atoms with Crippen molar-refractivity contribution in [2.75, 3.05) is 0 Å². The third-order valence-electron chi connectivity index (χ3n) is 2.84. The van der Waals surface area contributed by atoms with Gasteiger partial charge in [0.1, 0.15) is 5.82 Å². The van der Waals surface area contributed by atoms with Gasteiger partial charge in [-0.25, -0.2) is 9.18 Å². The predicted molar refractivity (Wildman–Crippen MR) is 81.3 cm³/mol. The largest absolute Gasteiger partial charge is 0.351 e. The van der Waals surface area contributed by atoms with Gasteiger partial charge < -0.3 is 5.73 Å². The number of carbonyl (C=O) groups is 2. The summed E-state index contributed by atoms with van der Waals surface area (Å²) in [7, 11) is 0. The molecule has 0 spiro atoms. The number of carbonyl (C=O) groups excluding carboxylic acids is 2. The Hall–Kier alpha value is -2.49. The molecule has 10 heteroatoms. The third-order valence-corrected chi connectivity index (χ3v) is 4.31. The topological polar surface area (TPSA) is 116 Å². The molecule has 2 rings (SSSR count). The minimum atomic E-state index is -0.925. The molecule has 0 saturated carbocycles. The number of benzene rings is 1. The van der Waals surface area contributed by atoms with Gasteiger partial charge in [-0.2, -0.15) is 4.68 Å². The summed E-state index contributed by atoms with van der Waals surface area (Å²) in [5.74, 6) is -1.08. The summed E-state index contributed by atoms with van der Waals surface area (Å²) in [6, 6.07) is 4.82. The first-order chi connectivity index (χ1) is 10.9. The van der Waals surface area contributed by atoms with Crippen molar-refractivity contribution in [1.29, 1.82) is 0 Å². The number of nitrogens with zero attached hydrogens (tertiary/aromatic N) is 4. The number of imide groups is 1. The second kappa shape index (κ2) is 7.18. The monoisotopic (exact) mass is 338 g/mol. The van der Waals surface area contributed by atoms with Crippen LogP contribution in [-0.4, -0.2) is 37.4 Å². The Morgan fingerprint density at radius 3 is 2.74 bits per heavy atom. The molecular weight excluding hydrogens is 323 g/mol. The highest BCUT2D eigenvalue weighted by Gasteiger charge is 2.27. The minimum Gasteiger partial charge on any atom is -0.351 e. The Kier molecular flexibility index (Phi) is 5.27. The van der Waals surface area contributed by atoms with Gasteiger partial charge in [0.25, 0.3) is 0 Å². The number of tetrazole rings is 1. The van der Waals surface area contributed by atoms with Crippen molar-refractivity contribution in [3.8, 4) is 5.69 Å². The Labute approximate surface area is 135 Å². The second-order valence-electron chi connectivity index (χ2n) is 4.99. The highest BCUT2D eigenvalue weighted by Crippen LogP contribution is 2.28. The van der Waals surface area contributed by atoms with Crippen LogP contribution in [0.5, 0.6) is 0 Å². The maximum atomic E-state index is 13.3. The summed E-state index contributed by atoms with van der Waals surface area (Å²) in [5, 5.41) is 12.9. The smallest absolute Gasteiger partial charge is 0.318 e. The molecule has 2 aromatic rings. The summed E-state index contributed by atoms with van der Waals surface area (Å²) in [6.45, 7) is 3.63. The van der Waals surface area contributed by atoms with Gasteiger partial charge in [0.2, 0.25) is 11.1 Å². The van der Waals surface area contributed by atoms with Gasteiger partial charge in [-0.1, -0.05) is 31.7 Å². The van der Waals surface area contributed by atoms with Crippen LogP contribution in [0.25, 0.3) is 5.69 Å². The summed E-state index contributed by atoms with van der Waals surface area (Å²) in [4.78, 5) is 22.9. The van der Waals surface area contributed by atoms with E-state index in [1.807, 2.05) is 19.2 Å². The number of amides is 3. The minimum absolute atomic E-state index is 0.114. The number of rotatable bonds is 5. The van der Waals surface area contributed by atoms with E-state index in [1.165, 1.54) is 22.9 Å². The van der Waals surface area contributed by atoms with Crippen LogP contribution in [0, 0.1) is 11.7 Å². The Morgan fingerprint density at radius 2 is 2.13 bits per heavy atom. The summed E-state index contributed by atoms with van der Waals surface area (Å²) in [6.07, 6.45) is 0. The molecule has 3 amide bonds. The fraction of sp³-hybridized carbons (Fsp3) is 0.308. The first-order valence-corrected chi connectivity index (χ1v) is 7.57. The van der Waals surface area contributed by atoms with Crippen LogP contribution in [0.3, 0.4) is 0 Å². The molecule has 8 nitrogen and oxygen atoms in total. The van der Waals surface area contributed by atoms with Crippen LogP contribution in [0.2, 0.25) is 0 Å². The summed E-state index contributed by atoms with van der Waals surface area (Å²) in [5.41, 5.74) is 5.40. The van der Waals surface area contributed by atoms with Crippen molar-refractivity contribution >= 4 is 23.7 Å². The van der Waals surface area contributed by atoms with E-state index in [-0.39, 0.29) is 5.92 Å². The molecule has 0 aliphatic heterocycles. The van der Waals surface area contributed by atoms with Crippen LogP contribution in [0.4, 0.5) is 9.18 Å². The number of nitrogens with one attached hydrogen (secondary N) is 1. The lowest BCUT2D eigenvalue weighted by Crippen LogP contribution is -2.42. The molecular formula is C13H15FN6O2S. The van der Waals surface area contributed by atoms with Crippen LogP contribution >= 0.6 is 11.8 Å². The van der Waals surface area contributed by atoms with Crippen molar-refractivity contribution in [2.45, 2.75) is 24.3 Å².